The number of nitrogens with zero attached hydrogens (tertiary/aromatic N) is 4. The maximum absolute atomic E-state index is 13.2. The van der Waals surface area contributed by atoms with Gasteiger partial charge in [-0.2, -0.15) is 4.31 Å². The quantitative estimate of drug-likeness (QED) is 0.314. The van der Waals surface area contributed by atoms with Crippen molar-refractivity contribution in [2.75, 3.05) is 53.4 Å². The average molecular weight is 538 g/mol. The summed E-state index contributed by atoms with van der Waals surface area (Å²) in [4.78, 5) is 9.33. The monoisotopic (exact) mass is 537 g/mol. The molecule has 29 heavy (non-hydrogen) atoms. The summed E-state index contributed by atoms with van der Waals surface area (Å²) in [6.07, 6.45) is 2.21. The Morgan fingerprint density at radius 1 is 1.17 bits per heavy atom. The number of halogens is 1. The Kier molecular flexibility index (Phi) is 11.4. The molecule has 1 fully saturated rings. The second-order valence-corrected chi connectivity index (χ2v) is 9.17. The number of sulfonamides is 1. The Labute approximate surface area is 193 Å². The highest BCUT2D eigenvalue weighted by atomic mass is 127. The standard InChI is InChI=1S/C20H35N5O2S.HI/c1-5-7-12-24(4)20(21-6-2)22-17-18-10-8-9-11-19(18)28(26,27)25-15-13-23(3)14-16-25;/h8-11H,5-7,12-17H2,1-4H3,(H,21,22);1H. The van der Waals surface area contributed by atoms with Crippen molar-refractivity contribution in [3.63, 3.8) is 0 Å². The summed E-state index contributed by atoms with van der Waals surface area (Å²) in [5.41, 5.74) is 0.737. The van der Waals surface area contributed by atoms with Crippen LogP contribution in [0.3, 0.4) is 0 Å². The Hall–Kier alpha value is -0.910. The number of benzene rings is 1. The lowest BCUT2D eigenvalue weighted by Crippen LogP contribution is -2.47. The highest BCUT2D eigenvalue weighted by molar-refractivity contribution is 14.0. The van der Waals surface area contributed by atoms with E-state index in [0.717, 1.165) is 50.5 Å². The number of nitrogens with one attached hydrogen (secondary N) is 1. The molecule has 0 unspecified atom stereocenters. The first kappa shape index (κ1) is 26.1. The maximum atomic E-state index is 13.2. The van der Waals surface area contributed by atoms with Crippen LogP contribution in [0.5, 0.6) is 0 Å². The molecular formula is C20H36IN5O2S. The van der Waals surface area contributed by atoms with Crippen molar-refractivity contribution in [1.82, 2.24) is 19.4 Å². The van der Waals surface area contributed by atoms with Gasteiger partial charge in [0.05, 0.1) is 11.4 Å². The summed E-state index contributed by atoms with van der Waals surface area (Å²) in [6, 6.07) is 7.23. The fourth-order valence-corrected chi connectivity index (χ4v) is 4.82. The van der Waals surface area contributed by atoms with E-state index < -0.39 is 10.0 Å². The van der Waals surface area contributed by atoms with Crippen LogP contribution in [-0.4, -0.2) is 81.8 Å². The van der Waals surface area contributed by atoms with E-state index >= 15 is 0 Å². The molecular weight excluding hydrogens is 501 g/mol. The van der Waals surface area contributed by atoms with Gasteiger partial charge in [0.25, 0.3) is 0 Å². The number of unbranched alkanes of at least 4 members (excludes halogenated alkanes) is 1. The van der Waals surface area contributed by atoms with Crippen molar-refractivity contribution >= 4 is 40.0 Å². The van der Waals surface area contributed by atoms with Gasteiger partial charge in [-0.05, 0) is 32.0 Å². The number of piperazine rings is 1. The first-order valence-corrected chi connectivity index (χ1v) is 11.6. The molecule has 0 saturated carbocycles. The van der Waals surface area contributed by atoms with Gasteiger partial charge in [0.2, 0.25) is 10.0 Å². The third kappa shape index (κ3) is 7.37. The summed E-state index contributed by atoms with van der Waals surface area (Å²) < 4.78 is 28.0. The SMILES string of the molecule is CCCCN(C)C(=NCc1ccccc1S(=O)(=O)N1CCN(C)CC1)NCC.I. The molecule has 1 saturated heterocycles. The Balaban J connectivity index is 0.00000420. The van der Waals surface area contributed by atoms with Crippen LogP contribution >= 0.6 is 24.0 Å². The zero-order valence-electron chi connectivity index (χ0n) is 18.1. The van der Waals surface area contributed by atoms with Crippen LogP contribution in [0.2, 0.25) is 0 Å². The van der Waals surface area contributed by atoms with Gasteiger partial charge in [0.1, 0.15) is 0 Å². The largest absolute Gasteiger partial charge is 0.357 e. The third-order valence-electron chi connectivity index (χ3n) is 5.00. The fourth-order valence-electron chi connectivity index (χ4n) is 3.18. The second-order valence-electron chi connectivity index (χ2n) is 7.26. The molecule has 0 spiro atoms. The summed E-state index contributed by atoms with van der Waals surface area (Å²) in [5.74, 6) is 0.808. The first-order chi connectivity index (χ1) is 13.4. The minimum absolute atomic E-state index is 0. The molecule has 1 N–H and O–H groups in total. The summed E-state index contributed by atoms with van der Waals surface area (Å²) >= 11 is 0. The topological polar surface area (TPSA) is 68.2 Å². The van der Waals surface area contributed by atoms with E-state index in [0.29, 0.717) is 24.5 Å². The van der Waals surface area contributed by atoms with Gasteiger partial charge in [0.15, 0.2) is 5.96 Å². The molecule has 0 amide bonds. The summed E-state index contributed by atoms with van der Waals surface area (Å²) in [5, 5.41) is 3.30. The van der Waals surface area contributed by atoms with E-state index in [1.54, 1.807) is 16.4 Å². The molecule has 0 radical (unpaired) electrons. The van der Waals surface area contributed by atoms with E-state index in [1.807, 2.05) is 33.2 Å². The van der Waals surface area contributed by atoms with Crippen molar-refractivity contribution in [2.24, 2.45) is 4.99 Å². The van der Waals surface area contributed by atoms with E-state index in [9.17, 15) is 8.42 Å². The molecule has 1 aliphatic heterocycles. The lowest BCUT2D eigenvalue weighted by Gasteiger charge is -2.32. The molecule has 7 nitrogen and oxygen atoms in total. The smallest absolute Gasteiger partial charge is 0.243 e. The lowest BCUT2D eigenvalue weighted by molar-refractivity contribution is 0.222. The zero-order valence-corrected chi connectivity index (χ0v) is 21.2. The molecule has 0 aliphatic carbocycles. The Morgan fingerprint density at radius 2 is 1.83 bits per heavy atom. The van der Waals surface area contributed by atoms with Crippen molar-refractivity contribution < 1.29 is 8.42 Å². The van der Waals surface area contributed by atoms with Gasteiger partial charge in [-0.3, -0.25) is 0 Å². The van der Waals surface area contributed by atoms with Gasteiger partial charge >= 0.3 is 0 Å². The predicted molar refractivity (Wildman–Crippen MR) is 130 cm³/mol. The number of hydrogen-bond donors (Lipinski definition) is 1. The number of rotatable bonds is 8. The van der Waals surface area contributed by atoms with Gasteiger partial charge in [0, 0.05) is 46.3 Å². The van der Waals surface area contributed by atoms with Gasteiger partial charge in [-0.25, -0.2) is 13.4 Å². The molecule has 2 rings (SSSR count). The number of likely N-dealkylation sites (N-methyl/N-ethyl adjacent to an activating group) is 1. The van der Waals surface area contributed by atoms with Gasteiger partial charge < -0.3 is 15.1 Å². The lowest BCUT2D eigenvalue weighted by atomic mass is 10.2. The van der Waals surface area contributed by atoms with E-state index in [2.05, 4.69) is 22.0 Å². The molecule has 0 atom stereocenters. The van der Waals surface area contributed by atoms with Crippen LogP contribution in [0.15, 0.2) is 34.2 Å². The molecule has 1 heterocycles. The van der Waals surface area contributed by atoms with Crippen LogP contribution in [0.1, 0.15) is 32.3 Å². The average Bonchev–Trinajstić information content (AvgIpc) is 2.69. The maximum Gasteiger partial charge on any atom is 0.243 e. The third-order valence-corrected chi connectivity index (χ3v) is 6.99. The van der Waals surface area contributed by atoms with E-state index in [1.165, 1.54) is 0 Å². The number of hydrogen-bond acceptors (Lipinski definition) is 4. The Morgan fingerprint density at radius 3 is 2.45 bits per heavy atom. The van der Waals surface area contributed by atoms with Gasteiger partial charge in [-0.1, -0.05) is 31.5 Å². The van der Waals surface area contributed by atoms with Crippen molar-refractivity contribution in [2.45, 2.75) is 38.1 Å². The molecule has 0 aromatic heterocycles. The summed E-state index contributed by atoms with van der Waals surface area (Å²) in [7, 11) is 0.528. The second kappa shape index (κ2) is 12.7. The van der Waals surface area contributed by atoms with Crippen molar-refractivity contribution in [3.05, 3.63) is 29.8 Å². The molecule has 9 heteroatoms. The highest BCUT2D eigenvalue weighted by Gasteiger charge is 2.29. The van der Waals surface area contributed by atoms with Crippen LogP contribution < -0.4 is 5.32 Å². The van der Waals surface area contributed by atoms with E-state index in [-0.39, 0.29) is 24.0 Å². The van der Waals surface area contributed by atoms with E-state index in [4.69, 9.17) is 4.99 Å². The minimum atomic E-state index is -3.51. The number of aliphatic imine (C=N–C) groups is 1. The summed E-state index contributed by atoms with van der Waals surface area (Å²) in [6.45, 7) is 8.80. The fraction of sp³-hybridized carbons (Fsp3) is 0.650. The van der Waals surface area contributed by atoms with Crippen LogP contribution in [0.25, 0.3) is 0 Å². The Bertz CT molecular complexity index is 749. The molecule has 1 aromatic rings. The molecule has 1 aromatic carbocycles. The molecule has 1 aliphatic rings. The highest BCUT2D eigenvalue weighted by Crippen LogP contribution is 2.22. The van der Waals surface area contributed by atoms with Crippen molar-refractivity contribution in [1.29, 1.82) is 0 Å². The zero-order chi connectivity index (χ0) is 20.6. The molecule has 166 valence electrons. The van der Waals surface area contributed by atoms with Gasteiger partial charge in [-0.15, -0.1) is 24.0 Å². The number of guanidine groups is 1. The molecule has 0 bridgehead atoms. The normalized spacial score (nSPS) is 16.3. The predicted octanol–water partition coefficient (Wildman–Crippen LogP) is 2.44. The first-order valence-electron chi connectivity index (χ1n) is 10.2. The van der Waals surface area contributed by atoms with Crippen LogP contribution in [0.4, 0.5) is 0 Å². The van der Waals surface area contributed by atoms with Crippen LogP contribution in [0, 0.1) is 0 Å². The van der Waals surface area contributed by atoms with Crippen LogP contribution in [-0.2, 0) is 16.6 Å². The minimum Gasteiger partial charge on any atom is -0.357 e. The van der Waals surface area contributed by atoms with Crippen molar-refractivity contribution in [3.8, 4) is 0 Å².